The molecule has 2 N–H and O–H groups in total. The van der Waals surface area contributed by atoms with Gasteiger partial charge in [-0.3, -0.25) is 0 Å². The molecule has 2 rings (SSSR count). The van der Waals surface area contributed by atoms with Gasteiger partial charge in [-0.05, 0) is 69.9 Å². The molecule has 1 heterocycles. The Morgan fingerprint density at radius 2 is 1.65 bits per heavy atom. The fourth-order valence-electron chi connectivity index (χ4n) is 3.49. The largest absolute Gasteiger partial charge is 0.317 e. The fourth-order valence-corrected chi connectivity index (χ4v) is 5.00. The molecule has 0 atom stereocenters. The van der Waals surface area contributed by atoms with Gasteiger partial charge < -0.3 is 5.32 Å². The van der Waals surface area contributed by atoms with Gasteiger partial charge in [0, 0.05) is 6.04 Å². The summed E-state index contributed by atoms with van der Waals surface area (Å²) in [5.41, 5.74) is 0. The molecule has 118 valence electrons. The molecule has 1 saturated carbocycles. The lowest BCUT2D eigenvalue weighted by Crippen LogP contribution is -2.39. The molecule has 0 aromatic rings. The van der Waals surface area contributed by atoms with Crippen molar-refractivity contribution in [2.45, 2.75) is 64.3 Å². The lowest BCUT2D eigenvalue weighted by atomic mass is 9.85. The summed E-state index contributed by atoms with van der Waals surface area (Å²) in [6, 6.07) is 0.191. The van der Waals surface area contributed by atoms with E-state index in [4.69, 9.17) is 0 Å². The molecule has 1 saturated heterocycles. The van der Waals surface area contributed by atoms with Crippen LogP contribution in [0.2, 0.25) is 0 Å². The van der Waals surface area contributed by atoms with Gasteiger partial charge in [-0.2, -0.15) is 0 Å². The minimum absolute atomic E-state index is 0.191. The lowest BCUT2D eigenvalue weighted by Gasteiger charge is -2.28. The highest BCUT2D eigenvalue weighted by Gasteiger charge is 2.24. The van der Waals surface area contributed by atoms with E-state index in [-0.39, 0.29) is 6.04 Å². The monoisotopic (exact) mass is 302 g/mol. The van der Waals surface area contributed by atoms with Gasteiger partial charge in [0.15, 0.2) is 0 Å². The molecule has 1 aliphatic carbocycles. The molecule has 2 fully saturated rings. The van der Waals surface area contributed by atoms with Crippen LogP contribution < -0.4 is 10.0 Å². The Hall–Kier alpha value is -0.130. The molecule has 0 radical (unpaired) electrons. The van der Waals surface area contributed by atoms with Gasteiger partial charge in [-0.1, -0.05) is 13.3 Å². The molecule has 0 amide bonds. The van der Waals surface area contributed by atoms with E-state index >= 15 is 0 Å². The Morgan fingerprint density at radius 1 is 1.00 bits per heavy atom. The van der Waals surface area contributed by atoms with Crippen molar-refractivity contribution in [3.63, 3.8) is 0 Å². The van der Waals surface area contributed by atoms with Crippen LogP contribution in [-0.4, -0.2) is 33.3 Å². The normalized spacial score (nSPS) is 29.4. The van der Waals surface area contributed by atoms with Crippen LogP contribution in [0.3, 0.4) is 0 Å². The molecule has 4 nitrogen and oxygen atoms in total. The number of hydrogen-bond donors (Lipinski definition) is 2. The van der Waals surface area contributed by atoms with Crippen molar-refractivity contribution >= 4 is 10.0 Å². The van der Waals surface area contributed by atoms with Crippen molar-refractivity contribution in [1.29, 1.82) is 0 Å². The van der Waals surface area contributed by atoms with E-state index in [1.54, 1.807) is 0 Å². The van der Waals surface area contributed by atoms with E-state index in [2.05, 4.69) is 17.0 Å². The highest BCUT2D eigenvalue weighted by molar-refractivity contribution is 7.89. The number of sulfonamides is 1. The van der Waals surface area contributed by atoms with Crippen LogP contribution in [0.25, 0.3) is 0 Å². The van der Waals surface area contributed by atoms with Crippen molar-refractivity contribution in [3.05, 3.63) is 0 Å². The van der Waals surface area contributed by atoms with Crippen LogP contribution in [-0.2, 0) is 10.0 Å². The average Bonchev–Trinajstić information content (AvgIpc) is 2.47. The van der Waals surface area contributed by atoms with Crippen molar-refractivity contribution in [3.8, 4) is 0 Å². The van der Waals surface area contributed by atoms with Gasteiger partial charge in [0.05, 0.1) is 5.75 Å². The van der Waals surface area contributed by atoms with Gasteiger partial charge in [0.1, 0.15) is 0 Å². The first-order valence-electron chi connectivity index (χ1n) is 8.30. The Morgan fingerprint density at radius 3 is 2.25 bits per heavy atom. The van der Waals surface area contributed by atoms with Crippen molar-refractivity contribution in [2.75, 3.05) is 18.8 Å². The van der Waals surface area contributed by atoms with E-state index in [1.165, 1.54) is 19.3 Å². The highest BCUT2D eigenvalue weighted by atomic mass is 32.2. The number of rotatable bonds is 6. The molecule has 5 heteroatoms. The number of hydrogen-bond acceptors (Lipinski definition) is 3. The third kappa shape index (κ3) is 5.34. The summed E-state index contributed by atoms with van der Waals surface area (Å²) in [5, 5.41) is 3.32. The molecular formula is C15H30N2O2S. The molecule has 0 unspecified atom stereocenters. The average molecular weight is 302 g/mol. The molecule has 2 aliphatic rings. The molecule has 0 aromatic carbocycles. The van der Waals surface area contributed by atoms with Crippen LogP contribution in [0.4, 0.5) is 0 Å². The van der Waals surface area contributed by atoms with E-state index < -0.39 is 10.0 Å². The van der Waals surface area contributed by atoms with Gasteiger partial charge in [-0.15, -0.1) is 0 Å². The fraction of sp³-hybridized carbons (Fsp3) is 1.00. The molecular weight excluding hydrogens is 272 g/mol. The second kappa shape index (κ2) is 7.76. The SMILES string of the molecule is CCC1CCC(NS(=O)(=O)CCC2CCNCC2)CC1. The molecule has 0 aromatic heterocycles. The highest BCUT2D eigenvalue weighted by Crippen LogP contribution is 2.27. The lowest BCUT2D eigenvalue weighted by molar-refractivity contribution is 0.306. The van der Waals surface area contributed by atoms with Crippen molar-refractivity contribution in [1.82, 2.24) is 10.0 Å². The maximum atomic E-state index is 12.2. The Balaban J connectivity index is 1.70. The summed E-state index contributed by atoms with van der Waals surface area (Å²) >= 11 is 0. The van der Waals surface area contributed by atoms with Gasteiger partial charge >= 0.3 is 0 Å². The van der Waals surface area contributed by atoms with E-state index in [0.717, 1.165) is 51.1 Å². The first kappa shape index (κ1) is 16.2. The summed E-state index contributed by atoms with van der Waals surface area (Å²) in [5.74, 6) is 1.71. The zero-order valence-corrected chi connectivity index (χ0v) is 13.6. The second-order valence-corrected chi connectivity index (χ2v) is 8.42. The van der Waals surface area contributed by atoms with Crippen LogP contribution in [0.15, 0.2) is 0 Å². The predicted octanol–water partition coefficient (Wildman–Crippen LogP) is 2.26. The standard InChI is InChI=1S/C15H30N2O2S/c1-2-13-3-5-15(6-4-13)17-20(18,19)12-9-14-7-10-16-11-8-14/h13-17H,2-12H2,1H3. The van der Waals surface area contributed by atoms with E-state index in [9.17, 15) is 8.42 Å². The summed E-state index contributed by atoms with van der Waals surface area (Å²) < 4.78 is 27.3. The summed E-state index contributed by atoms with van der Waals surface area (Å²) in [4.78, 5) is 0. The zero-order valence-electron chi connectivity index (χ0n) is 12.7. The van der Waals surface area contributed by atoms with Crippen molar-refractivity contribution in [2.24, 2.45) is 11.8 Å². The molecule has 20 heavy (non-hydrogen) atoms. The van der Waals surface area contributed by atoms with E-state index in [1.807, 2.05) is 0 Å². The Bertz CT molecular complexity index is 369. The number of piperidine rings is 1. The summed E-state index contributed by atoms with van der Waals surface area (Å²) in [6.07, 6.45) is 8.69. The smallest absolute Gasteiger partial charge is 0.211 e. The second-order valence-electron chi connectivity index (χ2n) is 6.54. The minimum atomic E-state index is -3.08. The van der Waals surface area contributed by atoms with Crippen LogP contribution in [0, 0.1) is 11.8 Å². The van der Waals surface area contributed by atoms with Crippen LogP contribution >= 0.6 is 0 Å². The molecule has 0 spiro atoms. The van der Waals surface area contributed by atoms with Gasteiger partial charge in [0.25, 0.3) is 0 Å². The molecule has 0 bridgehead atoms. The topological polar surface area (TPSA) is 58.2 Å². The molecule has 1 aliphatic heterocycles. The number of nitrogens with one attached hydrogen (secondary N) is 2. The summed E-state index contributed by atoms with van der Waals surface area (Å²) in [7, 11) is -3.08. The third-order valence-electron chi connectivity index (χ3n) is 5.02. The quantitative estimate of drug-likeness (QED) is 0.791. The van der Waals surface area contributed by atoms with E-state index in [0.29, 0.717) is 11.7 Å². The zero-order chi connectivity index (χ0) is 14.4. The predicted molar refractivity (Wildman–Crippen MR) is 83.2 cm³/mol. The summed E-state index contributed by atoms with van der Waals surface area (Å²) in [6.45, 7) is 4.31. The van der Waals surface area contributed by atoms with Crippen LogP contribution in [0.1, 0.15) is 58.3 Å². The Labute approximate surface area is 124 Å². The maximum absolute atomic E-state index is 12.2. The first-order chi connectivity index (χ1) is 9.59. The van der Waals surface area contributed by atoms with Gasteiger partial charge in [0.2, 0.25) is 10.0 Å². The maximum Gasteiger partial charge on any atom is 0.211 e. The minimum Gasteiger partial charge on any atom is -0.317 e. The Kier molecular flexibility index (Phi) is 6.30. The van der Waals surface area contributed by atoms with Crippen molar-refractivity contribution < 1.29 is 8.42 Å². The van der Waals surface area contributed by atoms with Gasteiger partial charge in [-0.25, -0.2) is 13.1 Å². The third-order valence-corrected chi connectivity index (χ3v) is 6.49. The van der Waals surface area contributed by atoms with Crippen LogP contribution in [0.5, 0.6) is 0 Å². The first-order valence-corrected chi connectivity index (χ1v) is 9.95.